The molecule has 0 aliphatic carbocycles. The molecule has 1 aromatic carbocycles. The fraction of sp³-hybridized carbons (Fsp3) is 0.400. The molecule has 0 aliphatic heterocycles. The lowest BCUT2D eigenvalue weighted by Crippen LogP contribution is -2.20. The first-order valence-corrected chi connectivity index (χ1v) is 5.03. The minimum Gasteiger partial charge on any atom is -0.496 e. The van der Waals surface area contributed by atoms with E-state index in [4.69, 9.17) is 4.74 Å². The Labute approximate surface area is 92.9 Å². The van der Waals surface area contributed by atoms with Crippen molar-refractivity contribution in [3.63, 3.8) is 0 Å². The van der Waals surface area contributed by atoms with Crippen molar-refractivity contribution >= 4 is 12.6 Å². The van der Waals surface area contributed by atoms with Gasteiger partial charge in [-0.05, 0) is 18.2 Å². The van der Waals surface area contributed by atoms with Gasteiger partial charge in [-0.25, -0.2) is 4.39 Å². The summed E-state index contributed by atoms with van der Waals surface area (Å²) in [6, 6.07) is 3.76. The summed E-state index contributed by atoms with van der Waals surface area (Å²) in [6.07, 6.45) is -2.25. The molecule has 0 heterocycles. The highest BCUT2D eigenvalue weighted by molar-refractivity contribution is 7.80. The Hall–Kier alpha value is -0.780. The average molecular weight is 232 g/mol. The van der Waals surface area contributed by atoms with E-state index in [1.165, 1.54) is 19.2 Å². The van der Waals surface area contributed by atoms with Gasteiger partial charge >= 0.3 is 0 Å². The van der Waals surface area contributed by atoms with Crippen LogP contribution in [0.1, 0.15) is 11.7 Å². The fourth-order valence-corrected chi connectivity index (χ4v) is 1.44. The number of hydrogen-bond donors (Lipinski definition) is 3. The summed E-state index contributed by atoms with van der Waals surface area (Å²) in [5.74, 6) is -0.0677. The number of aliphatic hydroxyl groups excluding tert-OH is 2. The van der Waals surface area contributed by atoms with Gasteiger partial charge in [-0.2, -0.15) is 12.6 Å². The molecule has 2 atom stereocenters. The Morgan fingerprint density at radius 3 is 2.67 bits per heavy atom. The molecule has 2 unspecified atom stereocenters. The SMILES string of the molecule is COc1ccc(F)cc1C(O)C(O)CS. The summed E-state index contributed by atoms with van der Waals surface area (Å²) in [6.45, 7) is 0. The fourth-order valence-electron chi connectivity index (χ4n) is 1.24. The summed E-state index contributed by atoms with van der Waals surface area (Å²) in [5.41, 5.74) is 0.221. The first kappa shape index (κ1) is 12.3. The monoisotopic (exact) mass is 232 g/mol. The highest BCUT2D eigenvalue weighted by Crippen LogP contribution is 2.28. The van der Waals surface area contributed by atoms with Gasteiger partial charge in [-0.15, -0.1) is 0 Å². The van der Waals surface area contributed by atoms with E-state index in [2.05, 4.69) is 12.6 Å². The van der Waals surface area contributed by atoms with E-state index in [-0.39, 0.29) is 11.3 Å². The summed E-state index contributed by atoms with van der Waals surface area (Å²) >= 11 is 3.85. The van der Waals surface area contributed by atoms with Gasteiger partial charge in [-0.3, -0.25) is 0 Å². The summed E-state index contributed by atoms with van der Waals surface area (Å²) < 4.78 is 17.9. The minimum atomic E-state index is -1.20. The molecule has 1 aromatic rings. The standard InChI is InChI=1S/C10H13FO3S/c1-14-9-3-2-6(11)4-7(9)10(13)8(12)5-15/h2-4,8,10,12-13,15H,5H2,1H3. The van der Waals surface area contributed by atoms with Crippen molar-refractivity contribution in [3.05, 3.63) is 29.6 Å². The lowest BCUT2D eigenvalue weighted by molar-refractivity contribution is 0.0320. The van der Waals surface area contributed by atoms with Crippen molar-refractivity contribution in [3.8, 4) is 5.75 Å². The Bertz CT molecular complexity index is 332. The van der Waals surface area contributed by atoms with Gasteiger partial charge in [0.25, 0.3) is 0 Å². The van der Waals surface area contributed by atoms with Crippen LogP contribution in [-0.4, -0.2) is 29.2 Å². The maximum atomic E-state index is 12.9. The number of hydrogen-bond acceptors (Lipinski definition) is 4. The molecule has 0 aliphatic rings. The number of halogens is 1. The largest absolute Gasteiger partial charge is 0.496 e. The van der Waals surface area contributed by atoms with E-state index < -0.39 is 18.0 Å². The van der Waals surface area contributed by atoms with Crippen LogP contribution in [0.25, 0.3) is 0 Å². The number of thiol groups is 1. The predicted octanol–water partition coefficient (Wildman–Crippen LogP) is 1.16. The molecule has 0 radical (unpaired) electrons. The van der Waals surface area contributed by atoms with Crippen LogP contribution in [-0.2, 0) is 0 Å². The highest BCUT2D eigenvalue weighted by atomic mass is 32.1. The highest BCUT2D eigenvalue weighted by Gasteiger charge is 2.21. The van der Waals surface area contributed by atoms with Gasteiger partial charge < -0.3 is 14.9 Å². The predicted molar refractivity (Wildman–Crippen MR) is 57.8 cm³/mol. The van der Waals surface area contributed by atoms with E-state index in [0.29, 0.717) is 5.75 Å². The Morgan fingerprint density at radius 2 is 2.13 bits per heavy atom. The third-order valence-electron chi connectivity index (χ3n) is 2.06. The van der Waals surface area contributed by atoms with Crippen LogP contribution >= 0.6 is 12.6 Å². The van der Waals surface area contributed by atoms with Gasteiger partial charge in [0.1, 0.15) is 17.7 Å². The number of rotatable bonds is 4. The average Bonchev–Trinajstić information content (AvgIpc) is 2.27. The van der Waals surface area contributed by atoms with Crippen LogP contribution < -0.4 is 4.74 Å². The van der Waals surface area contributed by atoms with Crippen molar-refractivity contribution in [2.75, 3.05) is 12.9 Å². The van der Waals surface area contributed by atoms with E-state index in [9.17, 15) is 14.6 Å². The van der Waals surface area contributed by atoms with E-state index in [0.717, 1.165) is 6.07 Å². The summed E-state index contributed by atoms with van der Waals surface area (Å²) in [7, 11) is 1.41. The molecule has 0 saturated heterocycles. The van der Waals surface area contributed by atoms with Crippen LogP contribution in [0.4, 0.5) is 4.39 Å². The smallest absolute Gasteiger partial charge is 0.124 e. The topological polar surface area (TPSA) is 49.7 Å². The zero-order chi connectivity index (χ0) is 11.4. The minimum absolute atomic E-state index is 0.0842. The van der Waals surface area contributed by atoms with Crippen molar-refractivity contribution in [2.45, 2.75) is 12.2 Å². The molecule has 15 heavy (non-hydrogen) atoms. The third kappa shape index (κ3) is 2.84. The molecule has 0 saturated carbocycles. The molecular weight excluding hydrogens is 219 g/mol. The number of benzene rings is 1. The summed E-state index contributed by atoms with van der Waals surface area (Å²) in [5, 5.41) is 19.1. The summed E-state index contributed by atoms with van der Waals surface area (Å²) in [4.78, 5) is 0. The van der Waals surface area contributed by atoms with Gasteiger partial charge in [-0.1, -0.05) is 0 Å². The van der Waals surface area contributed by atoms with Gasteiger partial charge in [0.05, 0.1) is 13.2 Å². The molecule has 2 N–H and O–H groups in total. The van der Waals surface area contributed by atoms with E-state index in [1.807, 2.05) is 0 Å². The van der Waals surface area contributed by atoms with Crippen LogP contribution in [0.15, 0.2) is 18.2 Å². The lowest BCUT2D eigenvalue weighted by Gasteiger charge is -2.18. The Balaban J connectivity index is 3.05. The second kappa shape index (κ2) is 5.34. The number of aliphatic hydroxyl groups is 2. The van der Waals surface area contributed by atoms with Crippen LogP contribution in [0.2, 0.25) is 0 Å². The molecule has 0 aromatic heterocycles. The number of methoxy groups -OCH3 is 1. The van der Waals surface area contributed by atoms with Gasteiger partial charge in [0.2, 0.25) is 0 Å². The Morgan fingerprint density at radius 1 is 1.47 bits per heavy atom. The molecule has 0 spiro atoms. The lowest BCUT2D eigenvalue weighted by atomic mass is 10.0. The molecular formula is C10H13FO3S. The molecule has 0 fully saturated rings. The molecule has 3 nitrogen and oxygen atoms in total. The van der Waals surface area contributed by atoms with Crippen LogP contribution in [0.3, 0.4) is 0 Å². The Kier molecular flexibility index (Phi) is 4.38. The van der Waals surface area contributed by atoms with Gasteiger partial charge in [0, 0.05) is 11.3 Å². The van der Waals surface area contributed by atoms with Crippen LogP contribution in [0, 0.1) is 5.82 Å². The molecule has 0 bridgehead atoms. The molecule has 1 rings (SSSR count). The van der Waals surface area contributed by atoms with Crippen LogP contribution in [0.5, 0.6) is 5.75 Å². The first-order valence-electron chi connectivity index (χ1n) is 4.40. The van der Waals surface area contributed by atoms with Crippen molar-refractivity contribution < 1.29 is 19.3 Å². The molecule has 5 heteroatoms. The maximum absolute atomic E-state index is 12.9. The van der Waals surface area contributed by atoms with Crippen molar-refractivity contribution in [1.82, 2.24) is 0 Å². The second-order valence-corrected chi connectivity index (χ2v) is 3.45. The molecule has 84 valence electrons. The van der Waals surface area contributed by atoms with Gasteiger partial charge in [0.15, 0.2) is 0 Å². The van der Waals surface area contributed by atoms with Crippen molar-refractivity contribution in [2.24, 2.45) is 0 Å². The normalized spacial score (nSPS) is 14.7. The van der Waals surface area contributed by atoms with Crippen molar-refractivity contribution in [1.29, 1.82) is 0 Å². The third-order valence-corrected chi connectivity index (χ3v) is 2.44. The molecule has 0 amide bonds. The van der Waals surface area contributed by atoms with E-state index in [1.54, 1.807) is 0 Å². The number of ether oxygens (including phenoxy) is 1. The quantitative estimate of drug-likeness (QED) is 0.683. The second-order valence-electron chi connectivity index (χ2n) is 3.08. The zero-order valence-electron chi connectivity index (χ0n) is 8.22. The zero-order valence-corrected chi connectivity index (χ0v) is 9.12. The first-order chi connectivity index (χ1) is 7.10. The maximum Gasteiger partial charge on any atom is 0.124 e. The van der Waals surface area contributed by atoms with E-state index >= 15 is 0 Å².